The molecule has 8 heteroatoms. The molecule has 1 saturated heterocycles. The first-order chi connectivity index (χ1) is 12.6. The molecule has 0 spiro atoms. The molecule has 0 bridgehead atoms. The summed E-state index contributed by atoms with van der Waals surface area (Å²) in [5.74, 6) is 0.163. The summed E-state index contributed by atoms with van der Waals surface area (Å²) in [4.78, 5) is 23.6. The van der Waals surface area contributed by atoms with Gasteiger partial charge in [-0.2, -0.15) is 0 Å². The van der Waals surface area contributed by atoms with Crippen LogP contribution < -0.4 is 5.32 Å². The summed E-state index contributed by atoms with van der Waals surface area (Å²) in [6.07, 6.45) is 5.13. The van der Waals surface area contributed by atoms with Crippen molar-refractivity contribution in [2.24, 2.45) is 0 Å². The van der Waals surface area contributed by atoms with Crippen molar-refractivity contribution in [3.05, 3.63) is 53.6 Å². The van der Waals surface area contributed by atoms with Gasteiger partial charge in [-0.3, -0.25) is 9.78 Å². The van der Waals surface area contributed by atoms with Crippen LogP contribution in [0.2, 0.25) is 0 Å². The summed E-state index contributed by atoms with van der Waals surface area (Å²) >= 11 is 0. The molecule has 0 aliphatic carbocycles. The van der Waals surface area contributed by atoms with Crippen molar-refractivity contribution in [3.63, 3.8) is 0 Å². The van der Waals surface area contributed by atoms with Gasteiger partial charge in [-0.15, -0.1) is 12.4 Å². The van der Waals surface area contributed by atoms with Crippen molar-refractivity contribution >= 4 is 29.4 Å². The predicted octanol–water partition coefficient (Wildman–Crippen LogP) is 2.95. The van der Waals surface area contributed by atoms with Gasteiger partial charge in [-0.25, -0.2) is 4.98 Å². The fraction of sp³-hybridized carbons (Fsp3) is 0.368. The van der Waals surface area contributed by atoms with Crippen molar-refractivity contribution in [3.8, 4) is 0 Å². The number of rotatable bonds is 3. The van der Waals surface area contributed by atoms with Crippen LogP contribution >= 0.6 is 12.4 Å². The van der Waals surface area contributed by atoms with E-state index in [1.807, 2.05) is 43.1 Å². The maximum atomic E-state index is 13.2. The average molecular weight is 388 g/mol. The Balaban J connectivity index is 0.00000210. The molecule has 0 aromatic carbocycles. The van der Waals surface area contributed by atoms with Crippen LogP contribution in [0.1, 0.15) is 47.4 Å². The van der Waals surface area contributed by atoms with Gasteiger partial charge in [0.25, 0.3) is 11.6 Å². The summed E-state index contributed by atoms with van der Waals surface area (Å²) in [5.41, 5.74) is 2.87. The molecule has 142 valence electrons. The molecule has 1 N–H and O–H groups in total. The number of hydrogen-bond donors (Lipinski definition) is 1. The van der Waals surface area contributed by atoms with Gasteiger partial charge in [0.15, 0.2) is 0 Å². The van der Waals surface area contributed by atoms with E-state index in [9.17, 15) is 4.79 Å². The van der Waals surface area contributed by atoms with Gasteiger partial charge in [0, 0.05) is 38.2 Å². The van der Waals surface area contributed by atoms with E-state index < -0.39 is 0 Å². The minimum atomic E-state index is -0.0484. The number of carbonyl (C=O) groups excluding carboxylic acids is 1. The van der Waals surface area contributed by atoms with Crippen molar-refractivity contribution < 1.29 is 9.32 Å². The first-order valence-corrected chi connectivity index (χ1v) is 8.82. The second kappa shape index (κ2) is 8.02. The number of halogens is 1. The standard InChI is InChI=1S/C19H21N5O2.ClH/c1-12(2)17-15-8-14(10-22-18(15)26-23-17)19(25)24-7-6-21-11-16(24)13-4-3-5-20-9-13;/h3-5,8-10,12,16,21H,6-7,11H2,1-2H3;1H. The Morgan fingerprint density at radius 3 is 2.96 bits per heavy atom. The number of piperazine rings is 1. The smallest absolute Gasteiger partial charge is 0.257 e. The Hall–Kier alpha value is -2.51. The zero-order valence-corrected chi connectivity index (χ0v) is 16.1. The summed E-state index contributed by atoms with van der Waals surface area (Å²) < 4.78 is 5.28. The van der Waals surface area contributed by atoms with E-state index in [1.54, 1.807) is 12.4 Å². The average Bonchev–Trinajstić information content (AvgIpc) is 3.11. The molecule has 3 aromatic rings. The zero-order chi connectivity index (χ0) is 18.1. The minimum absolute atomic E-state index is 0. The summed E-state index contributed by atoms with van der Waals surface area (Å²) in [6.45, 7) is 6.19. The lowest BCUT2D eigenvalue weighted by molar-refractivity contribution is 0.0633. The molecular weight excluding hydrogens is 366 g/mol. The quantitative estimate of drug-likeness (QED) is 0.743. The van der Waals surface area contributed by atoms with Gasteiger partial charge in [-0.1, -0.05) is 25.1 Å². The molecule has 1 fully saturated rings. The van der Waals surface area contributed by atoms with E-state index in [0.29, 0.717) is 24.4 Å². The van der Waals surface area contributed by atoms with Crippen LogP contribution in [0.15, 0.2) is 41.3 Å². The number of pyridine rings is 2. The molecule has 3 aromatic heterocycles. The fourth-order valence-electron chi connectivity index (χ4n) is 3.37. The maximum absolute atomic E-state index is 13.2. The van der Waals surface area contributed by atoms with Crippen LogP contribution in [0.25, 0.3) is 11.1 Å². The first kappa shape index (κ1) is 19.3. The lowest BCUT2D eigenvalue weighted by atomic mass is 10.0. The van der Waals surface area contributed by atoms with Gasteiger partial charge < -0.3 is 14.7 Å². The van der Waals surface area contributed by atoms with Gasteiger partial charge in [0.1, 0.15) is 0 Å². The van der Waals surface area contributed by atoms with Crippen molar-refractivity contribution in [2.45, 2.75) is 25.8 Å². The highest BCUT2D eigenvalue weighted by Gasteiger charge is 2.29. The van der Waals surface area contributed by atoms with Crippen molar-refractivity contribution in [1.82, 2.24) is 25.3 Å². The fourth-order valence-corrected chi connectivity index (χ4v) is 3.37. The SMILES string of the molecule is CC(C)c1noc2ncc(C(=O)N3CCNCC3c3cccnc3)cc12.Cl. The lowest BCUT2D eigenvalue weighted by Crippen LogP contribution is -2.48. The third-order valence-electron chi connectivity index (χ3n) is 4.72. The molecule has 1 aliphatic rings. The van der Waals surface area contributed by atoms with Crippen LogP contribution in [0, 0.1) is 0 Å². The van der Waals surface area contributed by atoms with Crippen LogP contribution in [0.4, 0.5) is 0 Å². The molecule has 0 radical (unpaired) electrons. The van der Waals surface area contributed by atoms with Crippen LogP contribution in [0.3, 0.4) is 0 Å². The normalized spacial score (nSPS) is 17.1. The number of amides is 1. The number of aromatic nitrogens is 3. The van der Waals surface area contributed by atoms with E-state index in [1.165, 1.54) is 0 Å². The number of carbonyl (C=O) groups is 1. The van der Waals surface area contributed by atoms with E-state index in [0.717, 1.165) is 23.2 Å². The van der Waals surface area contributed by atoms with Crippen LogP contribution in [-0.2, 0) is 0 Å². The van der Waals surface area contributed by atoms with E-state index in [-0.39, 0.29) is 30.3 Å². The molecule has 27 heavy (non-hydrogen) atoms. The van der Waals surface area contributed by atoms with Crippen molar-refractivity contribution in [1.29, 1.82) is 0 Å². The molecule has 7 nitrogen and oxygen atoms in total. The molecule has 4 rings (SSSR count). The zero-order valence-electron chi connectivity index (χ0n) is 15.3. The Kier molecular flexibility index (Phi) is 5.72. The molecular formula is C19H22ClN5O2. The van der Waals surface area contributed by atoms with E-state index >= 15 is 0 Å². The molecule has 1 aliphatic heterocycles. The third kappa shape index (κ3) is 3.65. The second-order valence-corrected chi connectivity index (χ2v) is 6.80. The largest absolute Gasteiger partial charge is 0.336 e. The maximum Gasteiger partial charge on any atom is 0.257 e. The van der Waals surface area contributed by atoms with Crippen LogP contribution in [0.5, 0.6) is 0 Å². The summed E-state index contributed by atoms with van der Waals surface area (Å²) in [7, 11) is 0. The van der Waals surface area contributed by atoms with E-state index in [4.69, 9.17) is 4.52 Å². The number of nitrogens with zero attached hydrogens (tertiary/aromatic N) is 4. The van der Waals surface area contributed by atoms with E-state index in [2.05, 4.69) is 20.4 Å². The van der Waals surface area contributed by atoms with Crippen molar-refractivity contribution in [2.75, 3.05) is 19.6 Å². The predicted molar refractivity (Wildman–Crippen MR) is 104 cm³/mol. The Morgan fingerprint density at radius 1 is 1.37 bits per heavy atom. The monoisotopic (exact) mass is 387 g/mol. The molecule has 4 heterocycles. The van der Waals surface area contributed by atoms with Gasteiger partial charge in [-0.05, 0) is 23.6 Å². The Morgan fingerprint density at radius 2 is 2.22 bits per heavy atom. The number of nitrogens with one attached hydrogen (secondary N) is 1. The van der Waals surface area contributed by atoms with Gasteiger partial charge in [0.2, 0.25) is 0 Å². The second-order valence-electron chi connectivity index (χ2n) is 6.80. The molecule has 0 saturated carbocycles. The highest BCUT2D eigenvalue weighted by atomic mass is 35.5. The van der Waals surface area contributed by atoms with Gasteiger partial charge in [0.05, 0.1) is 22.7 Å². The molecule has 1 atom stereocenters. The number of fused-ring (bicyclic) bond motifs is 1. The lowest BCUT2D eigenvalue weighted by Gasteiger charge is -2.36. The Bertz CT molecular complexity index is 928. The third-order valence-corrected chi connectivity index (χ3v) is 4.72. The highest BCUT2D eigenvalue weighted by Crippen LogP contribution is 2.27. The van der Waals surface area contributed by atoms with Gasteiger partial charge >= 0.3 is 0 Å². The molecule has 1 amide bonds. The number of hydrogen-bond acceptors (Lipinski definition) is 6. The van der Waals surface area contributed by atoms with Crippen LogP contribution in [-0.4, -0.2) is 45.6 Å². The first-order valence-electron chi connectivity index (χ1n) is 8.82. The minimum Gasteiger partial charge on any atom is -0.336 e. The molecule has 1 unspecified atom stereocenters. The summed E-state index contributed by atoms with van der Waals surface area (Å²) in [5, 5.41) is 8.25. The topological polar surface area (TPSA) is 84.2 Å². The highest BCUT2D eigenvalue weighted by molar-refractivity contribution is 5.97. The Labute approximate surface area is 163 Å². The summed E-state index contributed by atoms with van der Waals surface area (Å²) in [6, 6.07) is 5.70.